The number of aromatic nitrogens is 4. The highest BCUT2D eigenvalue weighted by molar-refractivity contribution is 6.30. The standard InChI is InChI=1S/C8H8ClN5/c1-14-7(4-12-13-14)6-2-5(9)3-11-8(6)10/h2-4H,1H3,(H2,10,11). The number of rotatable bonds is 1. The van der Waals surface area contributed by atoms with Crippen molar-refractivity contribution in [2.45, 2.75) is 0 Å². The Morgan fingerprint density at radius 1 is 1.43 bits per heavy atom. The van der Waals surface area contributed by atoms with Crippen molar-refractivity contribution in [2.75, 3.05) is 5.73 Å². The van der Waals surface area contributed by atoms with Gasteiger partial charge in [-0.15, -0.1) is 5.10 Å². The molecule has 2 rings (SSSR count). The first kappa shape index (κ1) is 8.96. The van der Waals surface area contributed by atoms with Crippen LogP contribution in [-0.2, 0) is 7.05 Å². The zero-order valence-corrected chi connectivity index (χ0v) is 8.23. The molecule has 0 saturated carbocycles. The average molecular weight is 210 g/mol. The molecule has 14 heavy (non-hydrogen) atoms. The van der Waals surface area contributed by atoms with Crippen LogP contribution in [0.25, 0.3) is 11.3 Å². The topological polar surface area (TPSA) is 69.6 Å². The molecule has 72 valence electrons. The Kier molecular flexibility index (Phi) is 2.09. The van der Waals surface area contributed by atoms with Crippen molar-refractivity contribution in [1.82, 2.24) is 20.0 Å². The largest absolute Gasteiger partial charge is 0.383 e. The quantitative estimate of drug-likeness (QED) is 0.764. The van der Waals surface area contributed by atoms with Gasteiger partial charge < -0.3 is 5.73 Å². The third kappa shape index (κ3) is 1.42. The van der Waals surface area contributed by atoms with Gasteiger partial charge in [0.1, 0.15) is 5.82 Å². The minimum atomic E-state index is 0.416. The van der Waals surface area contributed by atoms with E-state index in [2.05, 4.69) is 15.3 Å². The van der Waals surface area contributed by atoms with Crippen LogP contribution in [0.5, 0.6) is 0 Å². The molecular weight excluding hydrogens is 202 g/mol. The number of nitrogen functional groups attached to an aromatic ring is 1. The summed E-state index contributed by atoms with van der Waals surface area (Å²) in [5.41, 5.74) is 7.24. The average Bonchev–Trinajstić information content (AvgIpc) is 2.56. The van der Waals surface area contributed by atoms with Gasteiger partial charge in [-0.25, -0.2) is 9.67 Å². The van der Waals surface area contributed by atoms with E-state index in [1.165, 1.54) is 6.20 Å². The van der Waals surface area contributed by atoms with E-state index in [-0.39, 0.29) is 0 Å². The number of halogens is 1. The number of anilines is 1. The molecular formula is C8H8ClN5. The predicted octanol–water partition coefficient (Wildman–Crippen LogP) is 1.11. The van der Waals surface area contributed by atoms with Crippen LogP contribution in [0.15, 0.2) is 18.5 Å². The monoisotopic (exact) mass is 209 g/mol. The first-order valence-electron chi connectivity index (χ1n) is 3.94. The van der Waals surface area contributed by atoms with Crippen LogP contribution >= 0.6 is 11.6 Å². The second-order valence-corrected chi connectivity index (χ2v) is 3.27. The third-order valence-corrected chi connectivity index (χ3v) is 2.08. The van der Waals surface area contributed by atoms with Crippen molar-refractivity contribution in [1.29, 1.82) is 0 Å². The van der Waals surface area contributed by atoms with E-state index in [0.717, 1.165) is 11.3 Å². The minimum Gasteiger partial charge on any atom is -0.383 e. The summed E-state index contributed by atoms with van der Waals surface area (Å²) in [6, 6.07) is 1.74. The van der Waals surface area contributed by atoms with Crippen LogP contribution in [0.4, 0.5) is 5.82 Å². The lowest BCUT2D eigenvalue weighted by Gasteiger charge is -2.03. The lowest BCUT2D eigenvalue weighted by Crippen LogP contribution is -1.98. The maximum Gasteiger partial charge on any atom is 0.132 e. The number of nitrogens with two attached hydrogens (primary N) is 1. The van der Waals surface area contributed by atoms with Crippen LogP contribution < -0.4 is 5.73 Å². The summed E-state index contributed by atoms with van der Waals surface area (Å²) in [7, 11) is 1.78. The number of pyridine rings is 1. The molecule has 2 heterocycles. The highest BCUT2D eigenvalue weighted by atomic mass is 35.5. The van der Waals surface area contributed by atoms with Crippen LogP contribution in [0.1, 0.15) is 0 Å². The Morgan fingerprint density at radius 3 is 2.86 bits per heavy atom. The van der Waals surface area contributed by atoms with Gasteiger partial charge in [0.2, 0.25) is 0 Å². The fraction of sp³-hybridized carbons (Fsp3) is 0.125. The van der Waals surface area contributed by atoms with Crippen molar-refractivity contribution < 1.29 is 0 Å². The summed E-state index contributed by atoms with van der Waals surface area (Å²) in [6.07, 6.45) is 3.12. The van der Waals surface area contributed by atoms with E-state index in [9.17, 15) is 0 Å². The number of hydrogen-bond donors (Lipinski definition) is 1. The number of nitrogens with zero attached hydrogens (tertiary/aromatic N) is 4. The predicted molar refractivity (Wildman–Crippen MR) is 53.7 cm³/mol. The Hall–Kier alpha value is -1.62. The van der Waals surface area contributed by atoms with Crippen molar-refractivity contribution in [3.05, 3.63) is 23.5 Å². The second kappa shape index (κ2) is 3.26. The molecule has 0 spiro atoms. The molecule has 2 N–H and O–H groups in total. The van der Waals surface area contributed by atoms with Crippen molar-refractivity contribution in [2.24, 2.45) is 7.05 Å². The summed E-state index contributed by atoms with van der Waals surface area (Å²) < 4.78 is 1.61. The summed E-state index contributed by atoms with van der Waals surface area (Å²) in [5, 5.41) is 8.10. The first-order chi connectivity index (χ1) is 6.68. The van der Waals surface area contributed by atoms with Crippen molar-refractivity contribution in [3.8, 4) is 11.3 Å². The van der Waals surface area contributed by atoms with E-state index in [4.69, 9.17) is 17.3 Å². The van der Waals surface area contributed by atoms with E-state index >= 15 is 0 Å². The molecule has 0 aliphatic heterocycles. The van der Waals surface area contributed by atoms with Gasteiger partial charge in [-0.05, 0) is 6.07 Å². The highest BCUT2D eigenvalue weighted by Gasteiger charge is 2.08. The van der Waals surface area contributed by atoms with Gasteiger partial charge in [-0.3, -0.25) is 0 Å². The van der Waals surface area contributed by atoms with Gasteiger partial charge in [-0.2, -0.15) is 0 Å². The molecule has 5 nitrogen and oxygen atoms in total. The molecule has 0 unspecified atom stereocenters. The normalized spacial score (nSPS) is 10.4. The molecule has 6 heteroatoms. The highest BCUT2D eigenvalue weighted by Crippen LogP contribution is 2.25. The molecule has 2 aromatic rings. The molecule has 0 radical (unpaired) electrons. The lowest BCUT2D eigenvalue weighted by atomic mass is 10.2. The van der Waals surface area contributed by atoms with E-state index in [0.29, 0.717) is 10.8 Å². The Bertz CT molecular complexity index is 465. The Labute approximate surface area is 85.5 Å². The van der Waals surface area contributed by atoms with E-state index < -0.39 is 0 Å². The van der Waals surface area contributed by atoms with Gasteiger partial charge in [0.15, 0.2) is 0 Å². The summed E-state index contributed by atoms with van der Waals surface area (Å²) >= 11 is 5.82. The number of aryl methyl sites for hydroxylation is 1. The van der Waals surface area contributed by atoms with Crippen molar-refractivity contribution >= 4 is 17.4 Å². The zero-order chi connectivity index (χ0) is 10.1. The molecule has 0 aromatic carbocycles. The first-order valence-corrected chi connectivity index (χ1v) is 4.32. The molecule has 0 fully saturated rings. The smallest absolute Gasteiger partial charge is 0.132 e. The molecule has 0 saturated heterocycles. The Morgan fingerprint density at radius 2 is 2.21 bits per heavy atom. The fourth-order valence-corrected chi connectivity index (χ4v) is 1.35. The third-order valence-electron chi connectivity index (χ3n) is 1.88. The Balaban J connectivity index is 2.62. The van der Waals surface area contributed by atoms with Crippen LogP contribution in [0, 0.1) is 0 Å². The molecule has 0 atom stereocenters. The van der Waals surface area contributed by atoms with E-state index in [1.807, 2.05) is 0 Å². The van der Waals surface area contributed by atoms with Crippen LogP contribution in [0.2, 0.25) is 5.02 Å². The fourth-order valence-electron chi connectivity index (χ4n) is 1.19. The van der Waals surface area contributed by atoms with Gasteiger partial charge >= 0.3 is 0 Å². The van der Waals surface area contributed by atoms with Gasteiger partial charge in [-0.1, -0.05) is 16.8 Å². The molecule has 0 aliphatic rings. The van der Waals surface area contributed by atoms with Crippen LogP contribution in [0.3, 0.4) is 0 Å². The molecule has 0 bridgehead atoms. The lowest BCUT2D eigenvalue weighted by molar-refractivity contribution is 0.720. The second-order valence-electron chi connectivity index (χ2n) is 2.83. The summed E-state index contributed by atoms with van der Waals surface area (Å²) in [5.74, 6) is 0.416. The SMILES string of the molecule is Cn1nncc1-c1cc(Cl)cnc1N. The summed E-state index contributed by atoms with van der Waals surface area (Å²) in [6.45, 7) is 0. The molecule has 0 amide bonds. The van der Waals surface area contributed by atoms with Gasteiger partial charge in [0, 0.05) is 18.8 Å². The molecule has 0 aliphatic carbocycles. The maximum atomic E-state index is 5.82. The summed E-state index contributed by atoms with van der Waals surface area (Å²) in [4.78, 5) is 3.95. The van der Waals surface area contributed by atoms with Crippen molar-refractivity contribution in [3.63, 3.8) is 0 Å². The number of hydrogen-bond acceptors (Lipinski definition) is 4. The maximum absolute atomic E-state index is 5.82. The van der Waals surface area contributed by atoms with Gasteiger partial charge in [0.25, 0.3) is 0 Å². The molecule has 2 aromatic heterocycles. The van der Waals surface area contributed by atoms with E-state index in [1.54, 1.807) is 24.0 Å². The van der Waals surface area contributed by atoms with Crippen LogP contribution in [-0.4, -0.2) is 20.0 Å². The van der Waals surface area contributed by atoms with Gasteiger partial charge in [0.05, 0.1) is 16.9 Å². The minimum absolute atomic E-state index is 0.416. The zero-order valence-electron chi connectivity index (χ0n) is 7.48.